The first-order chi connectivity index (χ1) is 30.6. The summed E-state index contributed by atoms with van der Waals surface area (Å²) in [4.78, 5) is 2.46. The third kappa shape index (κ3) is 6.01. The van der Waals surface area contributed by atoms with E-state index in [9.17, 15) is 0 Å². The first-order valence-corrected chi connectivity index (χ1v) is 21.7. The van der Waals surface area contributed by atoms with Gasteiger partial charge in [0.2, 0.25) is 0 Å². The van der Waals surface area contributed by atoms with Crippen LogP contribution in [-0.2, 0) is 5.41 Å². The molecule has 0 aliphatic heterocycles. The second-order valence-corrected chi connectivity index (χ2v) is 16.6. The largest absolute Gasteiger partial charge is 0.310 e. The first-order valence-electron chi connectivity index (χ1n) is 21.7. The van der Waals surface area contributed by atoms with Crippen LogP contribution in [0.5, 0.6) is 0 Å². The molecule has 0 bridgehead atoms. The zero-order valence-electron chi connectivity index (χ0n) is 35.0. The molecule has 62 heavy (non-hydrogen) atoms. The average Bonchev–Trinajstić information content (AvgIpc) is 3.64. The fraction of sp³-hybridized carbons (Fsp3) is 0.0656. The Hall–Kier alpha value is -7.70. The molecule has 0 atom stereocenters. The van der Waals surface area contributed by atoms with E-state index in [1.54, 1.807) is 0 Å². The van der Waals surface area contributed by atoms with E-state index < -0.39 is 5.41 Å². The average molecular weight is 792 g/mol. The van der Waals surface area contributed by atoms with E-state index in [4.69, 9.17) is 0 Å². The molecule has 0 unspecified atom stereocenters. The van der Waals surface area contributed by atoms with E-state index in [0.29, 0.717) is 0 Å². The molecule has 0 saturated carbocycles. The molecule has 0 saturated heterocycles. The van der Waals surface area contributed by atoms with Crippen LogP contribution in [0, 0.1) is 13.8 Å². The van der Waals surface area contributed by atoms with Gasteiger partial charge in [-0.3, -0.25) is 0 Å². The highest BCUT2D eigenvalue weighted by Crippen LogP contribution is 2.58. The van der Waals surface area contributed by atoms with Crippen LogP contribution in [0.3, 0.4) is 0 Å². The third-order valence-corrected chi connectivity index (χ3v) is 13.1. The lowest BCUT2D eigenvalue weighted by Gasteiger charge is -2.35. The molecular formula is C61H45N. The van der Waals surface area contributed by atoms with Crippen LogP contribution in [0.25, 0.3) is 49.7 Å². The second-order valence-electron chi connectivity index (χ2n) is 16.6. The summed E-state index contributed by atoms with van der Waals surface area (Å²) in [5.74, 6) is 0. The normalized spacial score (nSPS) is 13.4. The predicted octanol–water partition coefficient (Wildman–Crippen LogP) is 16.1. The summed E-state index contributed by atoms with van der Waals surface area (Å²) in [7, 11) is 0. The van der Waals surface area contributed by atoms with Gasteiger partial charge < -0.3 is 4.90 Å². The van der Waals surface area contributed by atoms with Crippen molar-refractivity contribution in [2.45, 2.75) is 25.7 Å². The first kappa shape index (κ1) is 37.3. The van der Waals surface area contributed by atoms with Crippen molar-refractivity contribution in [3.63, 3.8) is 0 Å². The van der Waals surface area contributed by atoms with Crippen LogP contribution in [0.1, 0.15) is 45.4 Å². The number of para-hydroxylation sites is 1. The highest BCUT2D eigenvalue weighted by molar-refractivity contribution is 6.05. The molecule has 0 amide bonds. The monoisotopic (exact) mass is 791 g/mol. The Morgan fingerprint density at radius 2 is 1.11 bits per heavy atom. The Kier molecular flexibility index (Phi) is 9.27. The zero-order chi connectivity index (χ0) is 41.6. The van der Waals surface area contributed by atoms with Gasteiger partial charge in [0.15, 0.2) is 0 Å². The topological polar surface area (TPSA) is 3.24 Å². The van der Waals surface area contributed by atoms with Gasteiger partial charge in [0.1, 0.15) is 0 Å². The lowest BCUT2D eigenvalue weighted by molar-refractivity contribution is 0.768. The number of rotatable bonds is 8. The van der Waals surface area contributed by atoms with Crippen molar-refractivity contribution in [3.8, 4) is 33.4 Å². The van der Waals surface area contributed by atoms with Crippen molar-refractivity contribution in [2.24, 2.45) is 0 Å². The molecule has 0 aromatic heterocycles. The fourth-order valence-corrected chi connectivity index (χ4v) is 10.3. The number of allylic oxidation sites excluding steroid dienone is 3. The lowest BCUT2D eigenvalue weighted by Crippen LogP contribution is -2.28. The maximum absolute atomic E-state index is 3.60. The van der Waals surface area contributed by atoms with Crippen molar-refractivity contribution >= 4 is 33.4 Å². The molecule has 294 valence electrons. The summed E-state index contributed by atoms with van der Waals surface area (Å²) in [6.07, 6.45) is 7.18. The van der Waals surface area contributed by atoms with E-state index in [1.807, 2.05) is 6.08 Å². The lowest BCUT2D eigenvalue weighted by atomic mass is 9.67. The van der Waals surface area contributed by atoms with Gasteiger partial charge in [-0.05, 0) is 134 Å². The van der Waals surface area contributed by atoms with Gasteiger partial charge in [-0.15, -0.1) is 5.73 Å². The van der Waals surface area contributed by atoms with Crippen LogP contribution in [0.15, 0.2) is 230 Å². The van der Waals surface area contributed by atoms with Gasteiger partial charge >= 0.3 is 0 Å². The summed E-state index contributed by atoms with van der Waals surface area (Å²) in [5, 5.41) is 2.50. The SMILES string of the molecule is Cc1ccccc1-c1c(-c2ccc(N(c3ccc4c(c3)C(c3ccccc3)(c3ccccc3)c3cccc(C)c3-4)c3ccccc3C3=C=CC=CC3)cc2)ccc2ccccc12. The van der Waals surface area contributed by atoms with Crippen molar-refractivity contribution in [2.75, 3.05) is 4.90 Å². The number of nitrogens with zero attached hydrogens (tertiary/aromatic N) is 1. The summed E-state index contributed by atoms with van der Waals surface area (Å²) in [5.41, 5.74) is 24.0. The zero-order valence-corrected chi connectivity index (χ0v) is 35.0. The molecule has 9 aromatic carbocycles. The van der Waals surface area contributed by atoms with Gasteiger partial charge in [-0.25, -0.2) is 0 Å². The number of aryl methyl sites for hydroxylation is 2. The smallest absolute Gasteiger partial charge is 0.0714 e. The highest BCUT2D eigenvalue weighted by atomic mass is 15.1. The van der Waals surface area contributed by atoms with Gasteiger partial charge in [0.25, 0.3) is 0 Å². The number of fused-ring (bicyclic) bond motifs is 4. The van der Waals surface area contributed by atoms with E-state index in [1.165, 1.54) is 88.7 Å². The molecule has 0 fully saturated rings. The van der Waals surface area contributed by atoms with Crippen LogP contribution in [0.4, 0.5) is 17.1 Å². The maximum Gasteiger partial charge on any atom is 0.0714 e. The van der Waals surface area contributed by atoms with Crippen molar-refractivity contribution < 1.29 is 0 Å². The van der Waals surface area contributed by atoms with E-state index in [0.717, 1.165) is 23.5 Å². The van der Waals surface area contributed by atoms with Gasteiger partial charge in [0.05, 0.1) is 11.1 Å². The van der Waals surface area contributed by atoms with Crippen LogP contribution >= 0.6 is 0 Å². The molecule has 9 aromatic rings. The Morgan fingerprint density at radius 1 is 0.468 bits per heavy atom. The molecule has 0 radical (unpaired) electrons. The molecule has 0 heterocycles. The molecule has 1 heteroatoms. The van der Waals surface area contributed by atoms with Crippen molar-refractivity contribution in [1.29, 1.82) is 0 Å². The minimum absolute atomic E-state index is 0.522. The van der Waals surface area contributed by atoms with E-state index >= 15 is 0 Å². The van der Waals surface area contributed by atoms with Gasteiger partial charge in [-0.2, -0.15) is 0 Å². The molecule has 2 aliphatic carbocycles. The summed E-state index contributed by atoms with van der Waals surface area (Å²) in [6.45, 7) is 4.47. The van der Waals surface area contributed by atoms with E-state index in [-0.39, 0.29) is 0 Å². The fourth-order valence-electron chi connectivity index (χ4n) is 10.3. The number of anilines is 3. The quantitative estimate of drug-likeness (QED) is 0.139. The highest BCUT2D eigenvalue weighted by Gasteiger charge is 2.47. The third-order valence-electron chi connectivity index (χ3n) is 13.1. The Labute approximate surface area is 364 Å². The number of benzene rings is 9. The second kappa shape index (κ2) is 15.4. The predicted molar refractivity (Wildman–Crippen MR) is 262 cm³/mol. The maximum atomic E-state index is 3.60. The summed E-state index contributed by atoms with van der Waals surface area (Å²) < 4.78 is 0. The van der Waals surface area contributed by atoms with Crippen molar-refractivity contribution in [3.05, 3.63) is 269 Å². The standard InChI is InChI=1S/C61H45N/c1-42-19-12-14-28-51(42)60-53-30-15-13-23-45(53)35-39-54(60)46-33-36-49(37-34-46)62(58-32-17-16-29-52(58)44-21-6-3-7-22-44)50-38-40-55-57(41-50)61(47-24-8-4-9-25-47,48-26-10-5-11-27-48)56-31-18-20-43(2)59(55)56/h3-20,23-41H,21H2,1-2H3. The molecule has 11 rings (SSSR count). The minimum Gasteiger partial charge on any atom is -0.310 e. The Morgan fingerprint density at radius 3 is 1.85 bits per heavy atom. The van der Waals surface area contributed by atoms with Crippen LogP contribution in [0.2, 0.25) is 0 Å². The van der Waals surface area contributed by atoms with E-state index in [2.05, 4.69) is 243 Å². The number of hydrogen-bond acceptors (Lipinski definition) is 1. The number of hydrogen-bond donors (Lipinski definition) is 0. The minimum atomic E-state index is -0.522. The molecule has 2 aliphatic rings. The molecular weight excluding hydrogens is 747 g/mol. The van der Waals surface area contributed by atoms with Crippen molar-refractivity contribution in [1.82, 2.24) is 0 Å². The van der Waals surface area contributed by atoms with Gasteiger partial charge in [0, 0.05) is 22.5 Å². The molecule has 0 N–H and O–H groups in total. The Balaban J connectivity index is 1.15. The Bertz CT molecular complexity index is 3210. The summed E-state index contributed by atoms with van der Waals surface area (Å²) in [6, 6.07) is 76.4. The molecule has 1 nitrogen and oxygen atoms in total. The van der Waals surface area contributed by atoms with Crippen LogP contribution < -0.4 is 4.90 Å². The summed E-state index contributed by atoms with van der Waals surface area (Å²) >= 11 is 0. The molecule has 0 spiro atoms. The van der Waals surface area contributed by atoms with Gasteiger partial charge in [-0.1, -0.05) is 188 Å². The van der Waals surface area contributed by atoms with Crippen LogP contribution in [-0.4, -0.2) is 0 Å².